The van der Waals surface area contributed by atoms with Crippen LogP contribution in [-0.4, -0.2) is 25.8 Å². The maximum absolute atomic E-state index is 11.0. The molecule has 0 fully saturated rings. The van der Waals surface area contributed by atoms with Gasteiger partial charge in [0.15, 0.2) is 0 Å². The second-order valence-corrected chi connectivity index (χ2v) is 6.65. The van der Waals surface area contributed by atoms with E-state index >= 15 is 0 Å². The summed E-state index contributed by atoms with van der Waals surface area (Å²) in [6.07, 6.45) is 12.4. The van der Waals surface area contributed by atoms with Crippen molar-refractivity contribution in [2.75, 3.05) is 13.1 Å². The molecule has 0 unspecified atom stereocenters. The molecule has 0 aromatic heterocycles. The first-order valence-corrected chi connectivity index (χ1v) is 9.21. The highest BCUT2D eigenvalue weighted by Gasteiger charge is 2.14. The van der Waals surface area contributed by atoms with Gasteiger partial charge in [-0.3, -0.25) is 0 Å². The Labute approximate surface area is 119 Å². The first kappa shape index (κ1) is 18.9. The van der Waals surface area contributed by atoms with E-state index in [2.05, 4.69) is 6.92 Å². The van der Waals surface area contributed by atoms with Crippen molar-refractivity contribution in [1.29, 1.82) is 0 Å². The molecule has 0 saturated heterocycles. The average molecular weight is 291 g/mol. The molecular weight excluding hydrogens is 260 g/mol. The van der Waals surface area contributed by atoms with Gasteiger partial charge >= 0.3 is 0 Å². The monoisotopic (exact) mass is 291 g/mol. The summed E-state index contributed by atoms with van der Waals surface area (Å²) in [5.74, 6) is 0. The zero-order chi connectivity index (χ0) is 14.6. The van der Waals surface area contributed by atoms with E-state index in [9.17, 15) is 8.42 Å². The van der Waals surface area contributed by atoms with Gasteiger partial charge in [0.05, 0.1) is 0 Å². The van der Waals surface area contributed by atoms with Crippen molar-refractivity contribution in [2.45, 2.75) is 78.1 Å². The van der Waals surface area contributed by atoms with E-state index in [0.717, 1.165) is 12.8 Å². The van der Waals surface area contributed by atoms with Gasteiger partial charge in [-0.2, -0.15) is 12.7 Å². The summed E-state index contributed by atoms with van der Waals surface area (Å²) in [6.45, 7) is 4.92. The molecule has 0 amide bonds. The third-order valence-corrected chi connectivity index (χ3v) is 4.57. The predicted molar refractivity (Wildman–Crippen MR) is 81.1 cm³/mol. The lowest BCUT2D eigenvalue weighted by atomic mass is 10.1. The molecule has 0 rings (SSSR count). The minimum atomic E-state index is -3.74. The number of nitrogens with zero attached hydrogens (tertiary/aromatic N) is 1. The minimum absolute atomic E-state index is 0.406. The lowest BCUT2D eigenvalue weighted by Crippen LogP contribution is -2.32. The number of hydrogen-bond donors (Lipinski definition) is 0. The van der Waals surface area contributed by atoms with Crippen molar-refractivity contribution in [1.82, 2.24) is 9.44 Å². The van der Waals surface area contributed by atoms with E-state index in [0.29, 0.717) is 13.1 Å². The maximum atomic E-state index is 11.0. The van der Waals surface area contributed by atoms with Crippen LogP contribution in [0.2, 0.25) is 0 Å². The van der Waals surface area contributed by atoms with Crippen LogP contribution in [0.3, 0.4) is 0 Å². The molecule has 0 spiro atoms. The standard InChI is InChI=1S/C14H31N2O2S/c1-3-5-6-7-8-9-10-11-12-13-14-16(4-2)19(15,17)18/h15H,3-14H2,1-2H3. The van der Waals surface area contributed by atoms with E-state index in [1.807, 2.05) is 0 Å². The fourth-order valence-corrected chi connectivity index (χ4v) is 2.93. The largest absolute Gasteiger partial charge is 0.293 e. The van der Waals surface area contributed by atoms with Crippen LogP contribution in [0.25, 0.3) is 0 Å². The van der Waals surface area contributed by atoms with Crippen LogP contribution in [0.15, 0.2) is 0 Å². The van der Waals surface area contributed by atoms with Crippen LogP contribution in [0.4, 0.5) is 0 Å². The van der Waals surface area contributed by atoms with Gasteiger partial charge in [-0.15, -0.1) is 5.14 Å². The van der Waals surface area contributed by atoms with Crippen molar-refractivity contribution in [3.63, 3.8) is 0 Å². The Balaban J connectivity index is 3.35. The molecule has 19 heavy (non-hydrogen) atoms. The Kier molecular flexibility index (Phi) is 11.6. The Hall–Kier alpha value is -0.130. The van der Waals surface area contributed by atoms with E-state index in [1.165, 1.54) is 55.7 Å². The molecular formula is C14H31N2O2S. The van der Waals surface area contributed by atoms with Crippen molar-refractivity contribution in [3.05, 3.63) is 0 Å². The van der Waals surface area contributed by atoms with Crippen LogP contribution in [-0.2, 0) is 10.2 Å². The average Bonchev–Trinajstić information content (AvgIpc) is 2.34. The lowest BCUT2D eigenvalue weighted by molar-refractivity contribution is 0.410. The van der Waals surface area contributed by atoms with Crippen LogP contribution in [0.5, 0.6) is 0 Å². The fourth-order valence-electron chi connectivity index (χ4n) is 2.22. The van der Waals surface area contributed by atoms with Crippen LogP contribution in [0, 0.1) is 0 Å². The third-order valence-electron chi connectivity index (χ3n) is 3.45. The second kappa shape index (κ2) is 11.7. The first-order chi connectivity index (χ1) is 9.02. The molecule has 4 nitrogen and oxygen atoms in total. The highest BCUT2D eigenvalue weighted by Crippen LogP contribution is 2.11. The van der Waals surface area contributed by atoms with Gasteiger partial charge in [0.25, 0.3) is 10.2 Å². The van der Waals surface area contributed by atoms with Gasteiger partial charge in [0, 0.05) is 13.1 Å². The molecule has 115 valence electrons. The van der Waals surface area contributed by atoms with E-state index in [4.69, 9.17) is 5.14 Å². The first-order valence-electron chi connectivity index (χ1n) is 7.77. The van der Waals surface area contributed by atoms with Gasteiger partial charge in [-0.1, -0.05) is 71.6 Å². The summed E-state index contributed by atoms with van der Waals surface area (Å²) in [7, 11) is -3.74. The highest BCUT2D eigenvalue weighted by atomic mass is 32.2. The zero-order valence-corrected chi connectivity index (χ0v) is 13.5. The van der Waals surface area contributed by atoms with E-state index < -0.39 is 10.2 Å². The lowest BCUT2D eigenvalue weighted by Gasteiger charge is -2.16. The van der Waals surface area contributed by atoms with Gasteiger partial charge in [-0.25, -0.2) is 0 Å². The van der Waals surface area contributed by atoms with Gasteiger partial charge < -0.3 is 0 Å². The van der Waals surface area contributed by atoms with Crippen LogP contribution < -0.4 is 5.14 Å². The molecule has 0 bridgehead atoms. The Morgan fingerprint density at radius 2 is 1.21 bits per heavy atom. The summed E-state index contributed by atoms with van der Waals surface area (Å²) in [6, 6.07) is 0. The predicted octanol–water partition coefficient (Wildman–Crippen LogP) is 3.76. The van der Waals surface area contributed by atoms with Crippen molar-refractivity contribution in [3.8, 4) is 0 Å². The summed E-state index contributed by atoms with van der Waals surface area (Å²) in [5, 5.41) is 7.01. The Morgan fingerprint density at radius 3 is 1.58 bits per heavy atom. The summed E-state index contributed by atoms with van der Waals surface area (Å²) >= 11 is 0. The smallest absolute Gasteiger partial charge is 0.194 e. The summed E-state index contributed by atoms with van der Waals surface area (Å²) in [4.78, 5) is 0. The molecule has 0 aliphatic rings. The molecule has 0 aliphatic carbocycles. The van der Waals surface area contributed by atoms with Crippen LogP contribution in [0.1, 0.15) is 78.1 Å². The normalized spacial score (nSPS) is 12.2. The zero-order valence-electron chi connectivity index (χ0n) is 12.7. The minimum Gasteiger partial charge on any atom is -0.194 e. The van der Waals surface area contributed by atoms with Gasteiger partial charge in [0.1, 0.15) is 0 Å². The highest BCUT2D eigenvalue weighted by molar-refractivity contribution is 7.86. The third kappa shape index (κ3) is 11.4. The van der Waals surface area contributed by atoms with Gasteiger partial charge in [-0.05, 0) is 6.42 Å². The molecule has 0 aromatic carbocycles. The molecule has 0 saturated carbocycles. The number of hydrogen-bond acceptors (Lipinski definition) is 2. The molecule has 0 atom stereocenters. The summed E-state index contributed by atoms with van der Waals surface area (Å²) in [5.41, 5.74) is 0. The second-order valence-electron chi connectivity index (χ2n) is 5.18. The molecule has 1 N–H and O–H groups in total. The Bertz CT molecular complexity index is 292. The van der Waals surface area contributed by atoms with E-state index in [1.54, 1.807) is 6.92 Å². The topological polar surface area (TPSA) is 61.2 Å². The van der Waals surface area contributed by atoms with Crippen molar-refractivity contribution >= 4 is 10.2 Å². The summed E-state index contributed by atoms with van der Waals surface area (Å²) < 4.78 is 23.3. The number of rotatable bonds is 13. The van der Waals surface area contributed by atoms with Crippen molar-refractivity contribution < 1.29 is 8.42 Å². The maximum Gasteiger partial charge on any atom is 0.293 e. The molecule has 5 heteroatoms. The molecule has 0 aromatic rings. The number of nitrogens with one attached hydrogen (secondary N) is 1. The molecule has 0 heterocycles. The Morgan fingerprint density at radius 1 is 0.789 bits per heavy atom. The van der Waals surface area contributed by atoms with Crippen molar-refractivity contribution in [2.24, 2.45) is 0 Å². The van der Waals surface area contributed by atoms with E-state index in [-0.39, 0.29) is 0 Å². The van der Waals surface area contributed by atoms with Gasteiger partial charge in [0.2, 0.25) is 0 Å². The van der Waals surface area contributed by atoms with Crippen LogP contribution >= 0.6 is 0 Å². The SMILES string of the molecule is CCCCCCCCCCCCN(CC)S([NH])(=O)=O. The fraction of sp³-hybridized carbons (Fsp3) is 1.00. The molecule has 0 aliphatic heterocycles. The quantitative estimate of drug-likeness (QED) is 0.485. The molecule has 1 radical (unpaired) electrons. The number of unbranched alkanes of at least 4 members (excludes halogenated alkanes) is 9.